The van der Waals surface area contributed by atoms with Gasteiger partial charge in [-0.3, -0.25) is 9.59 Å². The maximum absolute atomic E-state index is 13.5. The van der Waals surface area contributed by atoms with Gasteiger partial charge >= 0.3 is 5.97 Å². The molecule has 2 aromatic carbocycles. The second-order valence-electron chi connectivity index (χ2n) is 7.68. The molecule has 5 nitrogen and oxygen atoms in total. The summed E-state index contributed by atoms with van der Waals surface area (Å²) in [5.41, 5.74) is 1.73. The number of hydrogen-bond acceptors (Lipinski definition) is 5. The molecule has 0 N–H and O–H groups in total. The Morgan fingerprint density at radius 1 is 1.06 bits per heavy atom. The number of amides is 1. The third-order valence-corrected chi connectivity index (χ3v) is 7.08. The number of nitrogens with zero attached hydrogens (tertiary/aromatic N) is 1. The average molecular weight is 434 g/mol. The number of esters is 1. The monoisotopic (exact) mass is 433 g/mol. The smallest absolute Gasteiger partial charge is 0.331 e. The summed E-state index contributed by atoms with van der Waals surface area (Å²) in [7, 11) is 0. The molecule has 6 heteroatoms. The van der Waals surface area contributed by atoms with Crippen molar-refractivity contribution in [1.82, 2.24) is 4.90 Å². The fourth-order valence-electron chi connectivity index (χ4n) is 4.04. The van der Waals surface area contributed by atoms with Gasteiger partial charge in [-0.25, -0.2) is 4.79 Å². The number of ether oxygens (including phenoxy) is 1. The lowest BCUT2D eigenvalue weighted by Gasteiger charge is -2.38. The summed E-state index contributed by atoms with van der Waals surface area (Å²) < 4.78 is 5.42. The third-order valence-electron chi connectivity index (χ3n) is 5.55. The molecule has 4 rings (SSSR count). The normalized spacial score (nSPS) is 25.1. The Hall–Kier alpha value is -3.12. The van der Waals surface area contributed by atoms with Crippen LogP contribution in [-0.2, 0) is 19.1 Å². The average Bonchev–Trinajstić information content (AvgIpc) is 3.03. The molecule has 2 aliphatic rings. The molecule has 2 aliphatic heterocycles. The van der Waals surface area contributed by atoms with Gasteiger partial charge in [0.15, 0.2) is 6.10 Å². The van der Waals surface area contributed by atoms with Gasteiger partial charge in [0.05, 0.1) is 16.5 Å². The summed E-state index contributed by atoms with van der Waals surface area (Å²) in [6.07, 6.45) is 7.16. The van der Waals surface area contributed by atoms with Crippen LogP contribution in [0.1, 0.15) is 30.6 Å². The Morgan fingerprint density at radius 3 is 2.23 bits per heavy atom. The number of hydrogen-bond donors (Lipinski definition) is 0. The van der Waals surface area contributed by atoms with Gasteiger partial charge in [0.25, 0.3) is 0 Å². The van der Waals surface area contributed by atoms with Crippen molar-refractivity contribution in [3.05, 3.63) is 96.1 Å². The van der Waals surface area contributed by atoms with Crippen molar-refractivity contribution in [2.75, 3.05) is 0 Å². The molecule has 0 aromatic heterocycles. The van der Waals surface area contributed by atoms with E-state index in [0.29, 0.717) is 12.7 Å². The van der Waals surface area contributed by atoms with E-state index < -0.39 is 22.9 Å². The first-order valence-corrected chi connectivity index (χ1v) is 11.0. The number of carbonyl (C=O) groups excluding carboxylic acids is 3. The van der Waals surface area contributed by atoms with E-state index in [1.165, 1.54) is 6.08 Å². The fraction of sp³-hybridized carbons (Fsp3) is 0.240. The number of aldehydes is 1. The number of fused-ring (bicyclic) bond motifs is 1. The molecule has 158 valence electrons. The number of rotatable bonds is 7. The molecular weight excluding hydrogens is 410 g/mol. The Balaban J connectivity index is 1.65. The third kappa shape index (κ3) is 4.21. The molecule has 1 amide bonds. The van der Waals surface area contributed by atoms with Crippen molar-refractivity contribution in [2.24, 2.45) is 0 Å². The van der Waals surface area contributed by atoms with E-state index in [-0.39, 0.29) is 11.3 Å². The topological polar surface area (TPSA) is 63.7 Å². The lowest BCUT2D eigenvalue weighted by molar-refractivity contribution is -0.163. The van der Waals surface area contributed by atoms with Crippen LogP contribution in [0, 0.1) is 0 Å². The molecule has 0 radical (unpaired) electrons. The lowest BCUT2D eigenvalue weighted by atomic mass is 9.95. The van der Waals surface area contributed by atoms with E-state index in [1.54, 1.807) is 28.8 Å². The number of allylic oxidation sites excluding steroid dienone is 3. The van der Waals surface area contributed by atoms with Crippen molar-refractivity contribution < 1.29 is 19.1 Å². The Kier molecular flexibility index (Phi) is 6.09. The number of thioether (sulfide) groups is 1. The number of benzene rings is 2. The molecule has 31 heavy (non-hydrogen) atoms. The van der Waals surface area contributed by atoms with E-state index in [0.717, 1.165) is 11.1 Å². The molecule has 0 spiro atoms. The summed E-state index contributed by atoms with van der Waals surface area (Å²) in [5, 5.41) is -0.0401. The van der Waals surface area contributed by atoms with Crippen LogP contribution in [0.15, 0.2) is 85.0 Å². The molecule has 0 saturated carbocycles. The zero-order chi connectivity index (χ0) is 21.8. The van der Waals surface area contributed by atoms with Gasteiger partial charge in [0.2, 0.25) is 5.91 Å². The highest BCUT2D eigenvalue weighted by molar-refractivity contribution is 8.01. The molecule has 2 heterocycles. The van der Waals surface area contributed by atoms with Crippen molar-refractivity contribution in [1.29, 1.82) is 0 Å². The molecule has 0 unspecified atom stereocenters. The number of carbonyl (C=O) groups is 3. The van der Waals surface area contributed by atoms with E-state index in [9.17, 15) is 14.4 Å². The highest BCUT2D eigenvalue weighted by Gasteiger charge is 2.60. The van der Waals surface area contributed by atoms with Crippen molar-refractivity contribution in [3.63, 3.8) is 0 Å². The fourth-order valence-corrected chi connectivity index (χ4v) is 5.70. The first kappa shape index (κ1) is 21.1. The molecule has 0 aliphatic carbocycles. The Bertz CT molecular complexity index is 981. The van der Waals surface area contributed by atoms with Gasteiger partial charge in [0.1, 0.15) is 12.3 Å². The predicted octanol–water partition coefficient (Wildman–Crippen LogP) is 4.06. The first-order chi connectivity index (χ1) is 15.0. The van der Waals surface area contributed by atoms with Gasteiger partial charge in [-0.05, 0) is 24.1 Å². The van der Waals surface area contributed by atoms with Crippen LogP contribution in [0.2, 0.25) is 0 Å². The SMILES string of the molecule is C[C@]1(/C=C/C=C/C=O)S[C@@H]2CC(=O)N2[C@H]1C(=O)OC(c1ccccc1)c1ccccc1. The van der Waals surface area contributed by atoms with Gasteiger partial charge in [-0.1, -0.05) is 78.9 Å². The lowest BCUT2D eigenvalue weighted by Crippen LogP contribution is -2.57. The zero-order valence-electron chi connectivity index (χ0n) is 17.1. The van der Waals surface area contributed by atoms with Crippen LogP contribution < -0.4 is 0 Å². The van der Waals surface area contributed by atoms with E-state index in [1.807, 2.05) is 73.7 Å². The standard InChI is InChI=1S/C25H23NO4S/c1-25(15-9-4-10-16-27)23(26-20(28)17-21(26)31-25)24(29)30-22(18-11-5-2-6-12-18)19-13-7-3-8-14-19/h2-16,21-23H,17H2,1H3/b10-4+,15-9+/t21-,23+,25-/m1/s1. The summed E-state index contributed by atoms with van der Waals surface area (Å²) >= 11 is 1.57. The minimum atomic E-state index is -0.737. The van der Waals surface area contributed by atoms with E-state index in [2.05, 4.69) is 0 Å². The zero-order valence-corrected chi connectivity index (χ0v) is 17.9. The second-order valence-corrected chi connectivity index (χ2v) is 9.34. The second kappa shape index (κ2) is 8.94. The first-order valence-electron chi connectivity index (χ1n) is 10.1. The van der Waals surface area contributed by atoms with Crippen molar-refractivity contribution in [2.45, 2.75) is 35.6 Å². The largest absolute Gasteiger partial charge is 0.451 e. The van der Waals surface area contributed by atoms with Crippen LogP contribution >= 0.6 is 11.8 Å². The Labute approximate surface area is 185 Å². The van der Waals surface area contributed by atoms with E-state index in [4.69, 9.17) is 4.74 Å². The summed E-state index contributed by atoms with van der Waals surface area (Å²) in [6.45, 7) is 1.93. The maximum Gasteiger partial charge on any atom is 0.331 e. The van der Waals surface area contributed by atoms with Crippen molar-refractivity contribution in [3.8, 4) is 0 Å². The van der Waals surface area contributed by atoms with Gasteiger partial charge in [0, 0.05) is 0 Å². The minimum absolute atomic E-state index is 0.0401. The van der Waals surface area contributed by atoms with Crippen molar-refractivity contribution >= 4 is 29.9 Å². The van der Waals surface area contributed by atoms with E-state index >= 15 is 0 Å². The Morgan fingerprint density at radius 2 is 1.68 bits per heavy atom. The molecule has 2 fully saturated rings. The summed E-state index contributed by atoms with van der Waals surface area (Å²) in [5.74, 6) is -0.483. The molecule has 0 bridgehead atoms. The summed E-state index contributed by atoms with van der Waals surface area (Å²) in [4.78, 5) is 38.0. The summed E-state index contributed by atoms with van der Waals surface area (Å²) in [6, 6.07) is 18.4. The minimum Gasteiger partial charge on any atom is -0.451 e. The van der Waals surface area contributed by atoms with Gasteiger partial charge < -0.3 is 9.64 Å². The predicted molar refractivity (Wildman–Crippen MR) is 120 cm³/mol. The van der Waals surface area contributed by atoms with Crippen LogP contribution in [0.3, 0.4) is 0 Å². The van der Waals surface area contributed by atoms with Crippen LogP contribution in [0.4, 0.5) is 0 Å². The molecule has 2 aromatic rings. The quantitative estimate of drug-likeness (QED) is 0.217. The van der Waals surface area contributed by atoms with Crippen LogP contribution in [0.5, 0.6) is 0 Å². The molecule has 3 atom stereocenters. The van der Waals surface area contributed by atoms with Gasteiger partial charge in [-0.15, -0.1) is 11.8 Å². The number of β-lactam (4-membered cyclic amide) rings is 1. The molecule has 2 saturated heterocycles. The van der Waals surface area contributed by atoms with Crippen LogP contribution in [-0.4, -0.2) is 39.2 Å². The highest BCUT2D eigenvalue weighted by Crippen LogP contribution is 2.52. The van der Waals surface area contributed by atoms with Crippen LogP contribution in [0.25, 0.3) is 0 Å². The maximum atomic E-state index is 13.5. The molecular formula is C25H23NO4S. The highest BCUT2D eigenvalue weighted by atomic mass is 32.2. The van der Waals surface area contributed by atoms with Gasteiger partial charge in [-0.2, -0.15) is 0 Å².